The van der Waals surface area contributed by atoms with Crippen LogP contribution in [-0.2, 0) is 6.42 Å². The Hall–Kier alpha value is -3.10. The molecular weight excluding hydrogens is 584 g/mol. The van der Waals surface area contributed by atoms with Gasteiger partial charge in [-0.1, -0.05) is 90.5 Å². The lowest BCUT2D eigenvalue weighted by Gasteiger charge is -2.22. The summed E-state index contributed by atoms with van der Waals surface area (Å²) < 4.78 is 0. The number of benzene rings is 2. The SMILES string of the molecule is CCCCCN(CCCC)CCCNC(=O)Nc1ccc(Cc2ccc(NC(=O)NCCCN(CCCC)CCCCC)cc2)cc1. The number of urea groups is 2. The lowest BCUT2D eigenvalue weighted by Crippen LogP contribution is -2.33. The van der Waals surface area contributed by atoms with Gasteiger partial charge in [-0.15, -0.1) is 0 Å². The summed E-state index contributed by atoms with van der Waals surface area (Å²) in [5, 5.41) is 11.9. The zero-order valence-corrected chi connectivity index (χ0v) is 30.2. The molecular formula is C39H66N6O2. The molecule has 0 fully saturated rings. The molecule has 264 valence electrons. The summed E-state index contributed by atoms with van der Waals surface area (Å²) in [6, 6.07) is 15.7. The van der Waals surface area contributed by atoms with Crippen molar-refractivity contribution in [1.82, 2.24) is 20.4 Å². The predicted molar refractivity (Wildman–Crippen MR) is 201 cm³/mol. The van der Waals surface area contributed by atoms with E-state index in [4.69, 9.17) is 0 Å². The van der Waals surface area contributed by atoms with E-state index in [1.165, 1.54) is 64.2 Å². The second kappa shape index (κ2) is 25.9. The summed E-state index contributed by atoms with van der Waals surface area (Å²) in [4.78, 5) is 29.9. The lowest BCUT2D eigenvalue weighted by atomic mass is 10.0. The Morgan fingerprint density at radius 2 is 0.809 bits per heavy atom. The zero-order chi connectivity index (χ0) is 34.0. The highest BCUT2D eigenvalue weighted by Gasteiger charge is 2.08. The van der Waals surface area contributed by atoms with Gasteiger partial charge in [0.05, 0.1) is 0 Å². The molecule has 0 radical (unpaired) electrons. The Labute approximate surface area is 286 Å². The summed E-state index contributed by atoms with van der Waals surface area (Å²) in [6.45, 7) is 17.0. The minimum atomic E-state index is -0.160. The molecule has 0 aliphatic carbocycles. The van der Waals surface area contributed by atoms with Gasteiger partial charge in [-0.3, -0.25) is 0 Å². The van der Waals surface area contributed by atoms with Gasteiger partial charge in [-0.05, 0) is 120 Å². The standard InChI is InChI=1S/C39H66N6O2/c1-5-9-13-29-44(27-11-7-3)31-15-25-40-38(46)42-36-21-17-34(18-22-36)33-35-19-23-37(24-20-35)43-39(47)41-26-16-32-45(28-12-8-4)30-14-10-6-2/h17-24H,5-16,25-33H2,1-4H3,(H2,40,42,46)(H2,41,43,47). The van der Waals surface area contributed by atoms with Gasteiger partial charge in [-0.2, -0.15) is 0 Å². The highest BCUT2D eigenvalue weighted by molar-refractivity contribution is 5.89. The summed E-state index contributed by atoms with van der Waals surface area (Å²) in [7, 11) is 0. The van der Waals surface area contributed by atoms with Crippen molar-refractivity contribution < 1.29 is 9.59 Å². The molecule has 0 bridgehead atoms. The first-order chi connectivity index (χ1) is 23.0. The molecule has 0 atom stereocenters. The third kappa shape index (κ3) is 19.3. The van der Waals surface area contributed by atoms with E-state index in [1.54, 1.807) is 0 Å². The van der Waals surface area contributed by atoms with Crippen molar-refractivity contribution in [3.63, 3.8) is 0 Å². The summed E-state index contributed by atoms with van der Waals surface area (Å²) >= 11 is 0. The molecule has 0 aliphatic rings. The first-order valence-corrected chi connectivity index (χ1v) is 18.7. The molecule has 0 saturated heterocycles. The van der Waals surface area contributed by atoms with Crippen LogP contribution in [0.4, 0.5) is 21.0 Å². The topological polar surface area (TPSA) is 88.7 Å². The van der Waals surface area contributed by atoms with Crippen LogP contribution in [0.1, 0.15) is 116 Å². The van der Waals surface area contributed by atoms with Crippen LogP contribution in [0.25, 0.3) is 0 Å². The number of carbonyl (C=O) groups excluding carboxylic acids is 2. The maximum atomic E-state index is 12.4. The normalized spacial score (nSPS) is 11.2. The molecule has 0 aromatic heterocycles. The molecule has 0 unspecified atom stereocenters. The summed E-state index contributed by atoms with van der Waals surface area (Å²) in [5.74, 6) is 0. The largest absolute Gasteiger partial charge is 0.338 e. The average molecular weight is 651 g/mol. The molecule has 4 amide bonds. The van der Waals surface area contributed by atoms with Crippen molar-refractivity contribution in [3.8, 4) is 0 Å². The Bertz CT molecular complexity index is 990. The minimum absolute atomic E-state index is 0.160. The van der Waals surface area contributed by atoms with Gasteiger partial charge in [0.15, 0.2) is 0 Å². The molecule has 47 heavy (non-hydrogen) atoms. The Kier molecular flexibility index (Phi) is 22.1. The quantitative estimate of drug-likeness (QED) is 0.0766. The first kappa shape index (κ1) is 40.1. The fraction of sp³-hybridized carbons (Fsp3) is 0.641. The van der Waals surface area contributed by atoms with Crippen molar-refractivity contribution in [2.75, 3.05) is 63.0 Å². The smallest absolute Gasteiger partial charge is 0.319 e. The van der Waals surface area contributed by atoms with Crippen molar-refractivity contribution >= 4 is 23.4 Å². The van der Waals surface area contributed by atoms with E-state index in [1.807, 2.05) is 48.5 Å². The van der Waals surface area contributed by atoms with Crippen LogP contribution in [0.15, 0.2) is 48.5 Å². The van der Waals surface area contributed by atoms with Crippen LogP contribution < -0.4 is 21.3 Å². The van der Waals surface area contributed by atoms with Crippen molar-refractivity contribution in [2.24, 2.45) is 0 Å². The van der Waals surface area contributed by atoms with Gasteiger partial charge < -0.3 is 31.1 Å². The number of amides is 4. The first-order valence-electron chi connectivity index (χ1n) is 18.7. The van der Waals surface area contributed by atoms with Crippen LogP contribution >= 0.6 is 0 Å². The van der Waals surface area contributed by atoms with Crippen molar-refractivity contribution in [1.29, 1.82) is 0 Å². The van der Waals surface area contributed by atoms with Crippen LogP contribution in [0, 0.1) is 0 Å². The summed E-state index contributed by atoms with van der Waals surface area (Å²) in [6.07, 6.45) is 15.1. The molecule has 8 heteroatoms. The Morgan fingerprint density at radius 3 is 1.17 bits per heavy atom. The molecule has 2 aromatic rings. The number of nitrogens with one attached hydrogen (secondary N) is 4. The third-order valence-electron chi connectivity index (χ3n) is 8.52. The molecule has 2 aromatic carbocycles. The van der Waals surface area contributed by atoms with E-state index in [9.17, 15) is 9.59 Å². The second-order valence-corrected chi connectivity index (χ2v) is 12.8. The number of hydrogen-bond acceptors (Lipinski definition) is 4. The maximum Gasteiger partial charge on any atom is 0.319 e. The predicted octanol–water partition coefficient (Wildman–Crippen LogP) is 8.89. The molecule has 0 spiro atoms. The van der Waals surface area contributed by atoms with Gasteiger partial charge in [0.1, 0.15) is 0 Å². The highest BCUT2D eigenvalue weighted by atomic mass is 16.2. The van der Waals surface area contributed by atoms with Gasteiger partial charge in [0.2, 0.25) is 0 Å². The fourth-order valence-electron chi connectivity index (χ4n) is 5.61. The van der Waals surface area contributed by atoms with E-state index in [0.29, 0.717) is 13.1 Å². The molecule has 2 rings (SSSR count). The lowest BCUT2D eigenvalue weighted by molar-refractivity contribution is 0.245. The van der Waals surface area contributed by atoms with Gasteiger partial charge in [-0.25, -0.2) is 9.59 Å². The minimum Gasteiger partial charge on any atom is -0.338 e. The number of carbonyl (C=O) groups is 2. The third-order valence-corrected chi connectivity index (χ3v) is 8.52. The fourth-order valence-corrected chi connectivity index (χ4v) is 5.61. The number of anilines is 2. The molecule has 0 aliphatic heterocycles. The monoisotopic (exact) mass is 651 g/mol. The van der Waals surface area contributed by atoms with E-state index < -0.39 is 0 Å². The van der Waals surface area contributed by atoms with Crippen LogP contribution in [-0.4, -0.2) is 74.2 Å². The second-order valence-electron chi connectivity index (χ2n) is 12.8. The maximum absolute atomic E-state index is 12.4. The number of unbranched alkanes of at least 4 members (excludes halogenated alkanes) is 6. The number of hydrogen-bond donors (Lipinski definition) is 4. The number of nitrogens with zero attached hydrogens (tertiary/aromatic N) is 2. The molecule has 0 heterocycles. The van der Waals surface area contributed by atoms with E-state index in [2.05, 4.69) is 58.8 Å². The summed E-state index contributed by atoms with van der Waals surface area (Å²) in [5.41, 5.74) is 3.89. The van der Waals surface area contributed by atoms with Crippen molar-refractivity contribution in [3.05, 3.63) is 59.7 Å². The zero-order valence-electron chi connectivity index (χ0n) is 30.2. The van der Waals surface area contributed by atoms with Crippen LogP contribution in [0.5, 0.6) is 0 Å². The van der Waals surface area contributed by atoms with Crippen LogP contribution in [0.3, 0.4) is 0 Å². The van der Waals surface area contributed by atoms with E-state index >= 15 is 0 Å². The molecule has 4 N–H and O–H groups in total. The highest BCUT2D eigenvalue weighted by Crippen LogP contribution is 2.16. The van der Waals surface area contributed by atoms with Gasteiger partial charge in [0.25, 0.3) is 0 Å². The number of rotatable bonds is 26. The molecule has 0 saturated carbocycles. The van der Waals surface area contributed by atoms with E-state index in [0.717, 1.165) is 81.0 Å². The molecule has 8 nitrogen and oxygen atoms in total. The van der Waals surface area contributed by atoms with Gasteiger partial charge >= 0.3 is 12.1 Å². The Balaban J connectivity index is 1.67. The van der Waals surface area contributed by atoms with E-state index in [-0.39, 0.29) is 12.1 Å². The van der Waals surface area contributed by atoms with Gasteiger partial charge in [0, 0.05) is 24.5 Å². The van der Waals surface area contributed by atoms with Crippen LogP contribution in [0.2, 0.25) is 0 Å². The average Bonchev–Trinajstić information content (AvgIpc) is 3.07. The van der Waals surface area contributed by atoms with Crippen molar-refractivity contribution in [2.45, 2.75) is 111 Å². The Morgan fingerprint density at radius 1 is 0.468 bits per heavy atom.